The number of rotatable bonds is 2. The molecule has 0 saturated carbocycles. The number of methoxy groups -OCH3 is 2. The summed E-state index contributed by atoms with van der Waals surface area (Å²) >= 11 is 0. The fraction of sp³-hybridized carbons (Fsp3) is 0.111. The minimum Gasteiger partial charge on any atom is -0.496 e. The summed E-state index contributed by atoms with van der Waals surface area (Å²) < 4.78 is 11.1. The molecule has 0 N–H and O–H groups in total. The maximum Gasteiger partial charge on any atom is 0.127 e. The molecule has 0 amide bonds. The number of hydrogen-bond donors (Lipinski definition) is 0. The van der Waals surface area contributed by atoms with E-state index in [1.54, 1.807) is 14.2 Å². The summed E-state index contributed by atoms with van der Waals surface area (Å²) in [4.78, 5) is 0. The zero-order valence-corrected chi connectivity index (χ0v) is 11.4. The molecule has 0 spiro atoms. The van der Waals surface area contributed by atoms with E-state index in [1.807, 2.05) is 6.07 Å². The molecule has 4 aromatic rings. The third-order valence-electron chi connectivity index (χ3n) is 4.01. The van der Waals surface area contributed by atoms with Gasteiger partial charge in [-0.25, -0.2) is 0 Å². The van der Waals surface area contributed by atoms with Crippen molar-refractivity contribution < 1.29 is 9.47 Å². The van der Waals surface area contributed by atoms with Crippen molar-refractivity contribution in [2.75, 3.05) is 14.2 Å². The van der Waals surface area contributed by atoms with E-state index in [1.165, 1.54) is 21.5 Å². The second-order valence-corrected chi connectivity index (χ2v) is 4.96. The van der Waals surface area contributed by atoms with Gasteiger partial charge in [-0.3, -0.25) is 0 Å². The van der Waals surface area contributed by atoms with E-state index in [2.05, 4.69) is 42.5 Å². The first-order chi connectivity index (χ1) is 9.83. The number of hydrogen-bond acceptors (Lipinski definition) is 2. The van der Waals surface area contributed by atoms with Crippen molar-refractivity contribution in [3.8, 4) is 11.5 Å². The van der Waals surface area contributed by atoms with Crippen molar-refractivity contribution in [1.82, 2.24) is 0 Å². The molecule has 0 saturated heterocycles. The van der Waals surface area contributed by atoms with Gasteiger partial charge in [-0.05, 0) is 22.9 Å². The van der Waals surface area contributed by atoms with Crippen LogP contribution in [0.15, 0.2) is 48.5 Å². The van der Waals surface area contributed by atoms with Gasteiger partial charge in [0.2, 0.25) is 0 Å². The van der Waals surface area contributed by atoms with E-state index in [4.69, 9.17) is 9.47 Å². The predicted octanol–water partition coefficient (Wildman–Crippen LogP) is 4.60. The maximum atomic E-state index is 5.57. The van der Waals surface area contributed by atoms with Gasteiger partial charge >= 0.3 is 0 Å². The highest BCUT2D eigenvalue weighted by molar-refractivity contribution is 6.25. The highest BCUT2D eigenvalue weighted by atomic mass is 16.5. The van der Waals surface area contributed by atoms with Crippen LogP contribution in [0.2, 0.25) is 0 Å². The van der Waals surface area contributed by atoms with Crippen molar-refractivity contribution in [2.45, 2.75) is 0 Å². The minimum atomic E-state index is 0.883. The zero-order valence-electron chi connectivity index (χ0n) is 11.4. The molecule has 0 fully saturated rings. The Balaban J connectivity index is 2.38. The van der Waals surface area contributed by atoms with E-state index >= 15 is 0 Å². The fourth-order valence-corrected chi connectivity index (χ4v) is 3.11. The molecule has 0 radical (unpaired) electrons. The van der Waals surface area contributed by atoms with Crippen molar-refractivity contribution >= 4 is 32.3 Å². The Bertz CT molecular complexity index is 910. The minimum absolute atomic E-state index is 0.883. The first-order valence-electron chi connectivity index (χ1n) is 6.62. The summed E-state index contributed by atoms with van der Waals surface area (Å²) in [6, 6.07) is 16.8. The first-order valence-corrected chi connectivity index (χ1v) is 6.62. The summed E-state index contributed by atoms with van der Waals surface area (Å²) in [5.74, 6) is 1.77. The Morgan fingerprint density at radius 3 is 2.05 bits per heavy atom. The molecule has 0 atom stereocenters. The van der Waals surface area contributed by atoms with Crippen LogP contribution in [0.1, 0.15) is 0 Å². The van der Waals surface area contributed by atoms with Crippen molar-refractivity contribution in [2.24, 2.45) is 0 Å². The lowest BCUT2D eigenvalue weighted by molar-refractivity contribution is 0.415. The molecule has 20 heavy (non-hydrogen) atoms. The molecule has 0 aromatic heterocycles. The lowest BCUT2D eigenvalue weighted by Crippen LogP contribution is -1.91. The molecule has 98 valence electrons. The topological polar surface area (TPSA) is 18.5 Å². The molecular weight excluding hydrogens is 248 g/mol. The molecule has 4 aromatic carbocycles. The van der Waals surface area contributed by atoms with Crippen LogP contribution in [0.5, 0.6) is 11.5 Å². The Morgan fingerprint density at radius 2 is 1.30 bits per heavy atom. The maximum absolute atomic E-state index is 5.57. The number of benzene rings is 4. The summed E-state index contributed by atoms with van der Waals surface area (Å²) in [6.07, 6.45) is 0. The Morgan fingerprint density at radius 1 is 0.650 bits per heavy atom. The van der Waals surface area contributed by atoms with Gasteiger partial charge in [0.1, 0.15) is 11.5 Å². The van der Waals surface area contributed by atoms with Gasteiger partial charge in [0.25, 0.3) is 0 Å². The molecule has 2 nitrogen and oxygen atoms in total. The molecule has 0 bridgehead atoms. The van der Waals surface area contributed by atoms with Gasteiger partial charge in [-0.2, -0.15) is 0 Å². The van der Waals surface area contributed by atoms with E-state index < -0.39 is 0 Å². The average Bonchev–Trinajstić information content (AvgIpc) is 2.52. The smallest absolute Gasteiger partial charge is 0.127 e. The molecule has 2 heteroatoms. The lowest BCUT2D eigenvalue weighted by atomic mass is 9.93. The standard InChI is InChI=1S/C18H14O2/c1-19-15-9-8-12-7-6-11-4-3-5-13-16(20-2)10-14(15)18(12)17(11)13/h3-10H,1-2H3. The summed E-state index contributed by atoms with van der Waals surface area (Å²) in [5.41, 5.74) is 0. The summed E-state index contributed by atoms with van der Waals surface area (Å²) in [6.45, 7) is 0. The van der Waals surface area contributed by atoms with E-state index in [0.29, 0.717) is 0 Å². The van der Waals surface area contributed by atoms with Gasteiger partial charge in [-0.15, -0.1) is 0 Å². The molecule has 0 aliphatic rings. The van der Waals surface area contributed by atoms with Crippen LogP contribution in [0, 0.1) is 0 Å². The molecule has 0 heterocycles. The molecule has 0 aliphatic carbocycles. The Hall–Kier alpha value is -2.48. The van der Waals surface area contributed by atoms with Crippen molar-refractivity contribution in [1.29, 1.82) is 0 Å². The molecular formula is C18H14O2. The van der Waals surface area contributed by atoms with E-state index in [-0.39, 0.29) is 0 Å². The predicted molar refractivity (Wildman–Crippen MR) is 83.3 cm³/mol. The fourth-order valence-electron chi connectivity index (χ4n) is 3.11. The van der Waals surface area contributed by atoms with Crippen molar-refractivity contribution in [3.63, 3.8) is 0 Å². The van der Waals surface area contributed by atoms with Crippen LogP contribution < -0.4 is 9.47 Å². The largest absolute Gasteiger partial charge is 0.496 e. The normalized spacial score (nSPS) is 11.5. The second kappa shape index (κ2) is 4.01. The van der Waals surface area contributed by atoms with Crippen LogP contribution in [0.4, 0.5) is 0 Å². The van der Waals surface area contributed by atoms with Gasteiger partial charge in [0, 0.05) is 21.5 Å². The van der Waals surface area contributed by atoms with Crippen LogP contribution in [-0.2, 0) is 0 Å². The zero-order chi connectivity index (χ0) is 13.7. The van der Waals surface area contributed by atoms with Crippen LogP contribution in [0.25, 0.3) is 32.3 Å². The van der Waals surface area contributed by atoms with E-state index in [0.717, 1.165) is 22.3 Å². The number of ether oxygens (including phenoxy) is 2. The third-order valence-corrected chi connectivity index (χ3v) is 4.01. The monoisotopic (exact) mass is 262 g/mol. The molecule has 0 aliphatic heterocycles. The Labute approximate surface area is 116 Å². The highest BCUT2D eigenvalue weighted by Gasteiger charge is 2.14. The second-order valence-electron chi connectivity index (χ2n) is 4.96. The van der Waals surface area contributed by atoms with Gasteiger partial charge < -0.3 is 9.47 Å². The van der Waals surface area contributed by atoms with Crippen LogP contribution >= 0.6 is 0 Å². The van der Waals surface area contributed by atoms with Gasteiger partial charge in [0.15, 0.2) is 0 Å². The molecule has 4 rings (SSSR count). The average molecular weight is 262 g/mol. The van der Waals surface area contributed by atoms with Crippen LogP contribution in [-0.4, -0.2) is 14.2 Å². The Kier molecular flexibility index (Phi) is 2.27. The summed E-state index contributed by atoms with van der Waals surface area (Å²) in [5, 5.41) is 7.21. The quantitative estimate of drug-likeness (QED) is 0.491. The van der Waals surface area contributed by atoms with Gasteiger partial charge in [0.05, 0.1) is 14.2 Å². The lowest BCUT2D eigenvalue weighted by Gasteiger charge is -2.15. The van der Waals surface area contributed by atoms with E-state index in [9.17, 15) is 0 Å². The van der Waals surface area contributed by atoms with Crippen LogP contribution in [0.3, 0.4) is 0 Å². The third kappa shape index (κ3) is 1.33. The van der Waals surface area contributed by atoms with Gasteiger partial charge in [-0.1, -0.05) is 36.4 Å². The van der Waals surface area contributed by atoms with Crippen molar-refractivity contribution in [3.05, 3.63) is 48.5 Å². The SMILES string of the molecule is COc1cc2c(OC)ccc3ccc4cccc1c4c32. The first kappa shape index (κ1) is 11.4. The summed E-state index contributed by atoms with van der Waals surface area (Å²) in [7, 11) is 3.42. The highest BCUT2D eigenvalue weighted by Crippen LogP contribution is 2.42. The molecule has 0 unspecified atom stereocenters.